The van der Waals surface area contributed by atoms with Gasteiger partial charge < -0.3 is 16.2 Å². The van der Waals surface area contributed by atoms with E-state index in [2.05, 4.69) is 5.32 Å². The maximum absolute atomic E-state index is 13.1. The Morgan fingerprint density at radius 3 is 2.76 bits per heavy atom. The summed E-state index contributed by atoms with van der Waals surface area (Å²) in [4.78, 5) is 0. The van der Waals surface area contributed by atoms with E-state index in [4.69, 9.17) is 17.3 Å². The van der Waals surface area contributed by atoms with E-state index >= 15 is 0 Å². The average molecular weight is 261 g/mol. The number of nitrogens with two attached hydrogens (primary N) is 1. The van der Waals surface area contributed by atoms with E-state index in [9.17, 15) is 9.50 Å². The van der Waals surface area contributed by atoms with E-state index in [1.807, 2.05) is 6.92 Å². The van der Waals surface area contributed by atoms with Crippen LogP contribution in [0.3, 0.4) is 0 Å². The molecule has 0 aromatic heterocycles. The predicted molar refractivity (Wildman–Crippen MR) is 69.8 cm³/mol. The molecule has 1 unspecified atom stereocenters. The summed E-state index contributed by atoms with van der Waals surface area (Å²) in [7, 11) is 0. The van der Waals surface area contributed by atoms with Gasteiger partial charge in [-0.3, -0.25) is 0 Å². The van der Waals surface area contributed by atoms with Crippen molar-refractivity contribution in [1.29, 1.82) is 0 Å². The molecule has 0 amide bonds. The number of benzene rings is 1. The first kappa shape index (κ1) is 14.1. The second-order valence-corrected chi connectivity index (χ2v) is 4.86. The van der Waals surface area contributed by atoms with Crippen LogP contribution in [0, 0.1) is 5.82 Å². The molecule has 17 heavy (non-hydrogen) atoms. The zero-order chi connectivity index (χ0) is 13.1. The standard InChI is InChI=1S/C12H18ClFN2O/c1-3-4-12(2,17)7-16-11-5-8(13)9(14)6-10(11)15/h5-6,16-17H,3-4,7,15H2,1-2H3. The predicted octanol–water partition coefficient (Wildman–Crippen LogP) is 3.02. The van der Waals surface area contributed by atoms with Crippen molar-refractivity contribution in [3.05, 3.63) is 23.0 Å². The lowest BCUT2D eigenvalue weighted by Crippen LogP contribution is -2.33. The van der Waals surface area contributed by atoms with Crippen LogP contribution in [0.25, 0.3) is 0 Å². The Bertz CT molecular complexity index is 396. The van der Waals surface area contributed by atoms with E-state index in [0.717, 1.165) is 6.42 Å². The number of hydrogen-bond donors (Lipinski definition) is 3. The van der Waals surface area contributed by atoms with Gasteiger partial charge in [0.25, 0.3) is 0 Å². The molecule has 3 nitrogen and oxygen atoms in total. The normalized spacial score (nSPS) is 14.4. The third-order valence-electron chi connectivity index (χ3n) is 2.54. The molecule has 0 bridgehead atoms. The number of aliphatic hydroxyl groups is 1. The Labute approximate surface area is 106 Å². The van der Waals surface area contributed by atoms with Crippen LogP contribution in [0.1, 0.15) is 26.7 Å². The van der Waals surface area contributed by atoms with Crippen LogP contribution in [0.15, 0.2) is 12.1 Å². The molecule has 5 heteroatoms. The molecule has 0 saturated carbocycles. The van der Waals surface area contributed by atoms with Gasteiger partial charge in [-0.05, 0) is 19.4 Å². The molecule has 1 rings (SSSR count). The number of hydrogen-bond acceptors (Lipinski definition) is 3. The first-order valence-electron chi connectivity index (χ1n) is 5.56. The van der Waals surface area contributed by atoms with Gasteiger partial charge in [0.15, 0.2) is 0 Å². The van der Waals surface area contributed by atoms with Crippen molar-refractivity contribution in [2.75, 3.05) is 17.6 Å². The molecule has 1 aromatic carbocycles. The minimum Gasteiger partial charge on any atom is -0.397 e. The second-order valence-electron chi connectivity index (χ2n) is 4.45. The lowest BCUT2D eigenvalue weighted by molar-refractivity contribution is 0.0637. The van der Waals surface area contributed by atoms with Crippen LogP contribution in [-0.4, -0.2) is 17.3 Å². The molecule has 0 fully saturated rings. The van der Waals surface area contributed by atoms with Crippen molar-refractivity contribution in [2.24, 2.45) is 0 Å². The van der Waals surface area contributed by atoms with E-state index in [0.29, 0.717) is 18.7 Å². The Morgan fingerprint density at radius 2 is 2.18 bits per heavy atom. The second kappa shape index (κ2) is 5.56. The number of anilines is 2. The summed E-state index contributed by atoms with van der Waals surface area (Å²) >= 11 is 5.66. The van der Waals surface area contributed by atoms with E-state index in [1.54, 1.807) is 6.92 Å². The lowest BCUT2D eigenvalue weighted by atomic mass is 10.0. The van der Waals surface area contributed by atoms with Gasteiger partial charge in [-0.25, -0.2) is 4.39 Å². The van der Waals surface area contributed by atoms with E-state index in [-0.39, 0.29) is 10.7 Å². The van der Waals surface area contributed by atoms with Crippen LogP contribution in [0.2, 0.25) is 5.02 Å². The number of rotatable bonds is 5. The summed E-state index contributed by atoms with van der Waals surface area (Å²) < 4.78 is 13.1. The zero-order valence-electron chi connectivity index (χ0n) is 10.1. The van der Waals surface area contributed by atoms with Gasteiger partial charge in [0.1, 0.15) is 5.82 Å². The molecule has 1 atom stereocenters. The third kappa shape index (κ3) is 4.06. The van der Waals surface area contributed by atoms with Gasteiger partial charge in [-0.15, -0.1) is 0 Å². The van der Waals surface area contributed by atoms with Crippen molar-refractivity contribution in [3.8, 4) is 0 Å². The quantitative estimate of drug-likeness (QED) is 0.714. The Balaban J connectivity index is 2.73. The van der Waals surface area contributed by atoms with Crippen molar-refractivity contribution in [2.45, 2.75) is 32.3 Å². The summed E-state index contributed by atoms with van der Waals surface area (Å²) in [6, 6.07) is 2.59. The van der Waals surface area contributed by atoms with Crippen LogP contribution in [-0.2, 0) is 0 Å². The molecule has 0 radical (unpaired) electrons. The summed E-state index contributed by atoms with van der Waals surface area (Å²) in [5.41, 5.74) is 5.65. The summed E-state index contributed by atoms with van der Waals surface area (Å²) in [5, 5.41) is 13.0. The highest BCUT2D eigenvalue weighted by Crippen LogP contribution is 2.27. The molecule has 0 aliphatic carbocycles. The van der Waals surface area contributed by atoms with Crippen LogP contribution in [0.4, 0.5) is 15.8 Å². The fourth-order valence-electron chi connectivity index (χ4n) is 1.63. The first-order valence-corrected chi connectivity index (χ1v) is 5.94. The van der Waals surface area contributed by atoms with Crippen molar-refractivity contribution >= 4 is 23.0 Å². The minimum atomic E-state index is -0.817. The highest BCUT2D eigenvalue weighted by atomic mass is 35.5. The van der Waals surface area contributed by atoms with Gasteiger partial charge >= 0.3 is 0 Å². The van der Waals surface area contributed by atoms with Crippen molar-refractivity contribution in [3.63, 3.8) is 0 Å². The maximum Gasteiger partial charge on any atom is 0.143 e. The van der Waals surface area contributed by atoms with Gasteiger partial charge in [0, 0.05) is 12.6 Å². The average Bonchev–Trinajstić information content (AvgIpc) is 2.21. The summed E-state index contributed by atoms with van der Waals surface area (Å²) in [6.07, 6.45) is 1.56. The first-order chi connectivity index (χ1) is 7.85. The molecule has 0 aliphatic rings. The van der Waals surface area contributed by atoms with Gasteiger partial charge in [-0.2, -0.15) is 0 Å². The fourth-order valence-corrected chi connectivity index (χ4v) is 1.79. The summed E-state index contributed by atoms with van der Waals surface area (Å²) in [6.45, 7) is 4.08. The van der Waals surface area contributed by atoms with E-state index in [1.165, 1.54) is 12.1 Å². The topological polar surface area (TPSA) is 58.3 Å². The molecule has 4 N–H and O–H groups in total. The van der Waals surface area contributed by atoms with Gasteiger partial charge in [0.2, 0.25) is 0 Å². The highest BCUT2D eigenvalue weighted by Gasteiger charge is 2.19. The van der Waals surface area contributed by atoms with Crippen molar-refractivity contribution in [1.82, 2.24) is 0 Å². The largest absolute Gasteiger partial charge is 0.397 e. The third-order valence-corrected chi connectivity index (χ3v) is 2.83. The van der Waals surface area contributed by atoms with Crippen LogP contribution in [0.5, 0.6) is 0 Å². The van der Waals surface area contributed by atoms with Gasteiger partial charge in [-0.1, -0.05) is 24.9 Å². The smallest absolute Gasteiger partial charge is 0.143 e. The fraction of sp³-hybridized carbons (Fsp3) is 0.500. The number of halogens is 2. The molecule has 1 aromatic rings. The van der Waals surface area contributed by atoms with Gasteiger partial charge in [0.05, 0.1) is 22.0 Å². The minimum absolute atomic E-state index is 0.0110. The maximum atomic E-state index is 13.1. The molecular weight excluding hydrogens is 243 g/mol. The molecule has 0 spiro atoms. The Hall–Kier alpha value is -1.00. The van der Waals surface area contributed by atoms with Crippen LogP contribution < -0.4 is 11.1 Å². The Morgan fingerprint density at radius 1 is 1.53 bits per heavy atom. The molecule has 0 heterocycles. The SMILES string of the molecule is CCCC(C)(O)CNc1cc(Cl)c(F)cc1N. The monoisotopic (exact) mass is 260 g/mol. The number of nitrogens with one attached hydrogen (secondary N) is 1. The summed E-state index contributed by atoms with van der Waals surface area (Å²) in [5.74, 6) is -0.546. The molecule has 0 saturated heterocycles. The van der Waals surface area contributed by atoms with Crippen LogP contribution >= 0.6 is 11.6 Å². The highest BCUT2D eigenvalue weighted by molar-refractivity contribution is 6.31. The van der Waals surface area contributed by atoms with Crippen molar-refractivity contribution < 1.29 is 9.50 Å². The van der Waals surface area contributed by atoms with E-state index < -0.39 is 11.4 Å². The lowest BCUT2D eigenvalue weighted by Gasteiger charge is -2.24. The molecular formula is C12H18ClFN2O. The Kier molecular flexibility index (Phi) is 4.60. The molecule has 0 aliphatic heterocycles. The molecule has 96 valence electrons. The number of nitrogen functional groups attached to an aromatic ring is 1. The zero-order valence-corrected chi connectivity index (χ0v) is 10.8.